The molecule has 0 aliphatic rings. The molecule has 2 aromatic rings. The molecule has 2 rings (SSSR count). The van der Waals surface area contributed by atoms with Gasteiger partial charge in [-0.05, 0) is 36.7 Å². The van der Waals surface area contributed by atoms with E-state index in [9.17, 15) is 0 Å². The number of hydrogen-bond donors (Lipinski definition) is 1. The second kappa shape index (κ2) is 5.87. The monoisotopic (exact) mass is 323 g/mol. The van der Waals surface area contributed by atoms with Gasteiger partial charge in [0.25, 0.3) is 0 Å². The average Bonchev–Trinajstić information content (AvgIpc) is 2.37. The fraction of sp³-hybridized carbons (Fsp3) is 0.200. The minimum atomic E-state index is 0.0907. The van der Waals surface area contributed by atoms with Crippen LogP contribution in [0.3, 0.4) is 0 Å². The van der Waals surface area contributed by atoms with Crippen LogP contribution in [0, 0.1) is 6.92 Å². The summed E-state index contributed by atoms with van der Waals surface area (Å²) in [4.78, 5) is 0. The molecule has 0 saturated carbocycles. The molecule has 1 nitrogen and oxygen atoms in total. The lowest BCUT2D eigenvalue weighted by molar-refractivity contribution is 0.688. The predicted molar refractivity (Wildman–Crippen MR) is 81.2 cm³/mol. The van der Waals surface area contributed by atoms with Gasteiger partial charge in [0, 0.05) is 9.50 Å². The molecule has 1 atom stereocenters. The van der Waals surface area contributed by atoms with Crippen LogP contribution in [-0.4, -0.2) is 7.05 Å². The van der Waals surface area contributed by atoms with Gasteiger partial charge in [-0.2, -0.15) is 0 Å². The third-order valence-corrected chi connectivity index (χ3v) is 4.47. The van der Waals surface area contributed by atoms with Gasteiger partial charge in [-0.25, -0.2) is 0 Å². The second-order valence-corrected chi connectivity index (χ2v) is 5.42. The van der Waals surface area contributed by atoms with E-state index in [4.69, 9.17) is 11.6 Å². The van der Waals surface area contributed by atoms with Gasteiger partial charge >= 0.3 is 0 Å². The standard InChI is InChI=1S/C15H15BrClN/c1-10-6-5-8-12(14(10)16)15(18-2)11-7-3-4-9-13(11)17/h3-9,15,18H,1-2H3. The molecule has 0 amide bonds. The Morgan fingerprint density at radius 1 is 1.06 bits per heavy atom. The van der Waals surface area contributed by atoms with Crippen LogP contribution >= 0.6 is 27.5 Å². The molecule has 0 aromatic heterocycles. The first kappa shape index (κ1) is 13.6. The third-order valence-electron chi connectivity index (χ3n) is 3.04. The molecular formula is C15H15BrClN. The Bertz CT molecular complexity index is 554. The van der Waals surface area contributed by atoms with Crippen LogP contribution in [-0.2, 0) is 0 Å². The number of halogens is 2. The summed E-state index contributed by atoms with van der Waals surface area (Å²) in [5, 5.41) is 4.11. The minimum Gasteiger partial charge on any atom is -0.309 e. The second-order valence-electron chi connectivity index (χ2n) is 4.22. The van der Waals surface area contributed by atoms with Crippen molar-refractivity contribution in [2.45, 2.75) is 13.0 Å². The van der Waals surface area contributed by atoms with Crippen molar-refractivity contribution in [3.05, 3.63) is 68.7 Å². The van der Waals surface area contributed by atoms with Crippen LogP contribution in [0.1, 0.15) is 22.7 Å². The molecule has 0 saturated heterocycles. The van der Waals surface area contributed by atoms with Gasteiger partial charge in [-0.3, -0.25) is 0 Å². The Labute approximate surface area is 121 Å². The van der Waals surface area contributed by atoms with Gasteiger partial charge in [-0.1, -0.05) is 63.9 Å². The minimum absolute atomic E-state index is 0.0907. The van der Waals surface area contributed by atoms with Crippen LogP contribution in [0.15, 0.2) is 46.9 Å². The van der Waals surface area contributed by atoms with Crippen molar-refractivity contribution >= 4 is 27.5 Å². The van der Waals surface area contributed by atoms with Gasteiger partial charge in [0.2, 0.25) is 0 Å². The van der Waals surface area contributed by atoms with E-state index >= 15 is 0 Å². The van der Waals surface area contributed by atoms with Gasteiger partial charge in [-0.15, -0.1) is 0 Å². The Kier molecular flexibility index (Phi) is 4.44. The smallest absolute Gasteiger partial charge is 0.0600 e. The molecular weight excluding hydrogens is 310 g/mol. The highest BCUT2D eigenvalue weighted by Crippen LogP contribution is 2.33. The lowest BCUT2D eigenvalue weighted by Crippen LogP contribution is -2.18. The first-order valence-corrected chi connectivity index (χ1v) is 6.99. The quantitative estimate of drug-likeness (QED) is 0.861. The Hall–Kier alpha value is -0.830. The van der Waals surface area contributed by atoms with Crippen molar-refractivity contribution in [3.63, 3.8) is 0 Å². The zero-order valence-corrected chi connectivity index (χ0v) is 12.7. The fourth-order valence-corrected chi connectivity index (χ4v) is 2.82. The highest BCUT2D eigenvalue weighted by molar-refractivity contribution is 9.10. The first-order valence-electron chi connectivity index (χ1n) is 5.82. The number of benzene rings is 2. The summed E-state index contributed by atoms with van der Waals surface area (Å²) in [6.45, 7) is 2.09. The van der Waals surface area contributed by atoms with Gasteiger partial charge < -0.3 is 5.32 Å². The molecule has 0 radical (unpaired) electrons. The summed E-state index contributed by atoms with van der Waals surface area (Å²) in [5.74, 6) is 0. The molecule has 0 spiro atoms. The van der Waals surface area contributed by atoms with Crippen LogP contribution in [0.4, 0.5) is 0 Å². The van der Waals surface area contributed by atoms with E-state index in [2.05, 4.69) is 52.4 Å². The van der Waals surface area contributed by atoms with Crippen molar-refractivity contribution in [3.8, 4) is 0 Å². The molecule has 1 N–H and O–H groups in total. The SMILES string of the molecule is CNC(c1ccccc1Cl)c1cccc(C)c1Br. The summed E-state index contributed by atoms with van der Waals surface area (Å²) in [6.07, 6.45) is 0. The average molecular weight is 325 g/mol. The maximum Gasteiger partial charge on any atom is 0.0600 e. The van der Waals surface area contributed by atoms with Crippen molar-refractivity contribution < 1.29 is 0 Å². The lowest BCUT2D eigenvalue weighted by Gasteiger charge is -2.20. The van der Waals surface area contributed by atoms with E-state index < -0.39 is 0 Å². The summed E-state index contributed by atoms with van der Waals surface area (Å²) < 4.78 is 1.13. The van der Waals surface area contributed by atoms with Crippen LogP contribution in [0.5, 0.6) is 0 Å². The molecule has 0 heterocycles. The van der Waals surface area contributed by atoms with Crippen molar-refractivity contribution in [2.24, 2.45) is 0 Å². The normalized spacial score (nSPS) is 12.4. The highest BCUT2D eigenvalue weighted by atomic mass is 79.9. The van der Waals surface area contributed by atoms with E-state index in [1.807, 2.05) is 25.2 Å². The summed E-state index contributed by atoms with van der Waals surface area (Å²) in [7, 11) is 1.95. The van der Waals surface area contributed by atoms with E-state index in [0.29, 0.717) is 0 Å². The zero-order valence-electron chi connectivity index (χ0n) is 10.4. The number of rotatable bonds is 3. The molecule has 94 valence electrons. The predicted octanol–water partition coefficient (Wildman–Crippen LogP) is 4.72. The van der Waals surface area contributed by atoms with Crippen LogP contribution in [0.2, 0.25) is 5.02 Å². The summed E-state index contributed by atoms with van der Waals surface area (Å²) in [5.41, 5.74) is 3.51. The maximum atomic E-state index is 6.28. The Morgan fingerprint density at radius 2 is 1.72 bits per heavy atom. The molecule has 3 heteroatoms. The van der Waals surface area contributed by atoms with Crippen molar-refractivity contribution in [1.82, 2.24) is 5.32 Å². The van der Waals surface area contributed by atoms with E-state index in [-0.39, 0.29) is 6.04 Å². The molecule has 0 aliphatic heterocycles. The number of hydrogen-bond acceptors (Lipinski definition) is 1. The van der Waals surface area contributed by atoms with Gasteiger partial charge in [0.15, 0.2) is 0 Å². The highest BCUT2D eigenvalue weighted by Gasteiger charge is 2.17. The van der Waals surface area contributed by atoms with Crippen molar-refractivity contribution in [2.75, 3.05) is 7.05 Å². The lowest BCUT2D eigenvalue weighted by atomic mass is 9.97. The van der Waals surface area contributed by atoms with Crippen molar-refractivity contribution in [1.29, 1.82) is 0 Å². The molecule has 1 unspecified atom stereocenters. The van der Waals surface area contributed by atoms with E-state index in [1.165, 1.54) is 11.1 Å². The molecule has 0 fully saturated rings. The number of aryl methyl sites for hydroxylation is 1. The largest absolute Gasteiger partial charge is 0.309 e. The zero-order chi connectivity index (χ0) is 13.1. The first-order chi connectivity index (χ1) is 8.65. The summed E-state index contributed by atoms with van der Waals surface area (Å²) in [6, 6.07) is 14.3. The Balaban J connectivity index is 2.53. The molecule has 18 heavy (non-hydrogen) atoms. The van der Waals surface area contributed by atoms with Gasteiger partial charge in [0.1, 0.15) is 0 Å². The van der Waals surface area contributed by atoms with E-state index in [1.54, 1.807) is 0 Å². The van der Waals surface area contributed by atoms with Crippen LogP contribution in [0.25, 0.3) is 0 Å². The number of nitrogens with one attached hydrogen (secondary N) is 1. The Morgan fingerprint density at radius 3 is 2.39 bits per heavy atom. The summed E-state index contributed by atoms with van der Waals surface area (Å²) >= 11 is 9.94. The maximum absolute atomic E-state index is 6.28. The molecule has 2 aromatic carbocycles. The van der Waals surface area contributed by atoms with Crippen LogP contribution < -0.4 is 5.32 Å². The molecule has 0 aliphatic carbocycles. The van der Waals surface area contributed by atoms with E-state index in [0.717, 1.165) is 15.1 Å². The molecule has 0 bridgehead atoms. The topological polar surface area (TPSA) is 12.0 Å². The third kappa shape index (κ3) is 2.61. The van der Waals surface area contributed by atoms with Gasteiger partial charge in [0.05, 0.1) is 6.04 Å². The fourth-order valence-electron chi connectivity index (χ4n) is 2.08.